The molecule has 21 heavy (non-hydrogen) atoms. The number of likely N-dealkylation sites (N-methyl/N-ethyl adjacent to an activating group) is 1. The number of hydrogen-bond acceptors (Lipinski definition) is 4. The lowest BCUT2D eigenvalue weighted by molar-refractivity contribution is 0.210. The molecule has 1 aromatic heterocycles. The first-order chi connectivity index (χ1) is 10.3. The van der Waals surface area contributed by atoms with E-state index in [1.54, 1.807) is 0 Å². The average Bonchev–Trinajstić information content (AvgIpc) is 2.91. The zero-order valence-corrected chi connectivity index (χ0v) is 13.1. The Morgan fingerprint density at radius 2 is 2.14 bits per heavy atom. The van der Waals surface area contributed by atoms with Crippen LogP contribution in [0.25, 0.3) is 11.0 Å². The number of piperidine rings is 1. The van der Waals surface area contributed by atoms with Gasteiger partial charge >= 0.3 is 0 Å². The van der Waals surface area contributed by atoms with Gasteiger partial charge in [-0.05, 0) is 51.5 Å². The minimum atomic E-state index is 0.545. The van der Waals surface area contributed by atoms with Crippen molar-refractivity contribution in [1.82, 2.24) is 15.4 Å². The first-order valence-corrected chi connectivity index (χ1v) is 8.07. The highest BCUT2D eigenvalue weighted by Gasteiger charge is 2.24. The number of nitrogens with zero attached hydrogens (tertiary/aromatic N) is 2. The van der Waals surface area contributed by atoms with Crippen LogP contribution in [0.3, 0.4) is 0 Å². The summed E-state index contributed by atoms with van der Waals surface area (Å²) in [6.45, 7) is 9.91. The minimum absolute atomic E-state index is 0.545. The molecule has 114 valence electrons. The third-order valence-electron chi connectivity index (χ3n) is 4.48. The van der Waals surface area contributed by atoms with Gasteiger partial charge in [-0.15, -0.1) is 0 Å². The van der Waals surface area contributed by atoms with Crippen LogP contribution in [0.1, 0.15) is 36.9 Å². The summed E-state index contributed by atoms with van der Waals surface area (Å²) in [5.41, 5.74) is 3.36. The molecule has 0 spiro atoms. The van der Waals surface area contributed by atoms with Crippen LogP contribution in [0.15, 0.2) is 22.7 Å². The Balaban J connectivity index is 1.64. The Labute approximate surface area is 126 Å². The van der Waals surface area contributed by atoms with E-state index in [9.17, 15) is 0 Å². The van der Waals surface area contributed by atoms with Crippen LogP contribution in [0.4, 0.5) is 0 Å². The maximum absolute atomic E-state index is 5.49. The second-order valence-corrected chi connectivity index (χ2v) is 6.04. The molecular formula is C17H25N3O. The first kappa shape index (κ1) is 14.5. The molecule has 1 saturated heterocycles. The van der Waals surface area contributed by atoms with E-state index in [1.807, 2.05) is 6.07 Å². The third-order valence-corrected chi connectivity index (χ3v) is 4.48. The molecule has 0 atom stereocenters. The second-order valence-electron chi connectivity index (χ2n) is 6.04. The van der Waals surface area contributed by atoms with Gasteiger partial charge in [-0.2, -0.15) is 0 Å². The number of hydrogen-bond donors (Lipinski definition) is 1. The maximum Gasteiger partial charge on any atom is 0.167 e. The van der Waals surface area contributed by atoms with E-state index in [-0.39, 0.29) is 0 Å². The second kappa shape index (κ2) is 6.58. The number of likely N-dealkylation sites (tertiary alicyclic amines) is 1. The lowest BCUT2D eigenvalue weighted by Gasteiger charge is -2.31. The summed E-state index contributed by atoms with van der Waals surface area (Å²) in [7, 11) is 0. The molecule has 1 aliphatic heterocycles. The normalized spacial score (nSPS) is 17.6. The molecule has 0 bridgehead atoms. The van der Waals surface area contributed by atoms with Crippen molar-refractivity contribution < 1.29 is 4.52 Å². The summed E-state index contributed by atoms with van der Waals surface area (Å²) in [5, 5.41) is 8.96. The van der Waals surface area contributed by atoms with Crippen LogP contribution >= 0.6 is 0 Å². The van der Waals surface area contributed by atoms with Crippen LogP contribution in [0.5, 0.6) is 0 Å². The topological polar surface area (TPSA) is 41.3 Å². The molecule has 1 aromatic carbocycles. The molecular weight excluding hydrogens is 262 g/mol. The van der Waals surface area contributed by atoms with E-state index in [1.165, 1.54) is 29.5 Å². The van der Waals surface area contributed by atoms with Crippen LogP contribution in [0, 0.1) is 6.92 Å². The summed E-state index contributed by atoms with van der Waals surface area (Å²) in [5.74, 6) is 0.545. The predicted molar refractivity (Wildman–Crippen MR) is 85.7 cm³/mol. The van der Waals surface area contributed by atoms with Crippen molar-refractivity contribution in [3.05, 3.63) is 29.5 Å². The summed E-state index contributed by atoms with van der Waals surface area (Å²) < 4.78 is 5.49. The number of benzene rings is 1. The highest BCUT2D eigenvalue weighted by molar-refractivity contribution is 5.80. The first-order valence-electron chi connectivity index (χ1n) is 8.07. The van der Waals surface area contributed by atoms with Gasteiger partial charge in [0.15, 0.2) is 5.58 Å². The molecule has 0 radical (unpaired) electrons. The molecule has 1 N–H and O–H groups in total. The predicted octanol–water partition coefficient (Wildman–Crippen LogP) is 2.93. The summed E-state index contributed by atoms with van der Waals surface area (Å²) in [4.78, 5) is 2.55. The standard InChI is InChI=1S/C17H25N3O/c1-3-18-8-11-20-9-6-14(7-10-20)17-15-12-13(2)4-5-16(15)21-19-17/h4-5,12,14,18H,3,6-11H2,1-2H3. The summed E-state index contributed by atoms with van der Waals surface area (Å²) >= 11 is 0. The number of fused-ring (bicyclic) bond motifs is 1. The van der Waals surface area contributed by atoms with Gasteiger partial charge in [0.05, 0.1) is 5.69 Å². The minimum Gasteiger partial charge on any atom is -0.356 e. The van der Waals surface area contributed by atoms with Crippen LogP contribution in [0.2, 0.25) is 0 Å². The van der Waals surface area contributed by atoms with Gasteiger partial charge in [-0.3, -0.25) is 0 Å². The molecule has 4 heteroatoms. The molecule has 0 saturated carbocycles. The van der Waals surface area contributed by atoms with E-state index < -0.39 is 0 Å². The molecule has 2 aromatic rings. The lowest BCUT2D eigenvalue weighted by atomic mass is 9.91. The zero-order valence-electron chi connectivity index (χ0n) is 13.1. The number of rotatable bonds is 5. The summed E-state index contributed by atoms with van der Waals surface area (Å²) in [6.07, 6.45) is 2.36. The Morgan fingerprint density at radius 3 is 2.90 bits per heavy atom. The van der Waals surface area contributed by atoms with Crippen molar-refractivity contribution in [3.8, 4) is 0 Å². The van der Waals surface area contributed by atoms with Crippen molar-refractivity contribution in [1.29, 1.82) is 0 Å². The zero-order chi connectivity index (χ0) is 14.7. The Hall–Kier alpha value is -1.39. The Bertz CT molecular complexity index is 585. The van der Waals surface area contributed by atoms with Crippen LogP contribution in [-0.2, 0) is 0 Å². The van der Waals surface area contributed by atoms with Crippen molar-refractivity contribution in [2.24, 2.45) is 0 Å². The van der Waals surface area contributed by atoms with E-state index in [2.05, 4.69) is 41.4 Å². The van der Waals surface area contributed by atoms with Gasteiger partial charge < -0.3 is 14.7 Å². The van der Waals surface area contributed by atoms with Gasteiger partial charge in [0.25, 0.3) is 0 Å². The smallest absolute Gasteiger partial charge is 0.167 e. The van der Waals surface area contributed by atoms with Gasteiger partial charge in [-0.25, -0.2) is 0 Å². The largest absolute Gasteiger partial charge is 0.356 e. The van der Waals surface area contributed by atoms with E-state index in [0.717, 1.165) is 38.3 Å². The highest BCUT2D eigenvalue weighted by Crippen LogP contribution is 2.32. The molecule has 4 nitrogen and oxygen atoms in total. The van der Waals surface area contributed by atoms with Crippen molar-refractivity contribution in [2.75, 3.05) is 32.7 Å². The van der Waals surface area contributed by atoms with Crippen LogP contribution in [-0.4, -0.2) is 42.8 Å². The van der Waals surface area contributed by atoms with Crippen molar-refractivity contribution >= 4 is 11.0 Å². The Morgan fingerprint density at radius 1 is 1.33 bits per heavy atom. The SMILES string of the molecule is CCNCCN1CCC(c2noc3ccc(C)cc23)CC1. The van der Waals surface area contributed by atoms with Gasteiger partial charge in [0.1, 0.15) is 0 Å². The fourth-order valence-corrected chi connectivity index (χ4v) is 3.21. The molecule has 0 amide bonds. The fourth-order valence-electron chi connectivity index (χ4n) is 3.21. The third kappa shape index (κ3) is 3.27. The van der Waals surface area contributed by atoms with Crippen LogP contribution < -0.4 is 5.32 Å². The van der Waals surface area contributed by atoms with E-state index in [4.69, 9.17) is 4.52 Å². The molecule has 1 aliphatic rings. The molecule has 2 heterocycles. The Kier molecular flexibility index (Phi) is 4.56. The van der Waals surface area contributed by atoms with Gasteiger partial charge in [-0.1, -0.05) is 23.7 Å². The van der Waals surface area contributed by atoms with Crippen molar-refractivity contribution in [3.63, 3.8) is 0 Å². The molecule has 3 rings (SSSR count). The number of aromatic nitrogens is 1. The van der Waals surface area contributed by atoms with Crippen molar-refractivity contribution in [2.45, 2.75) is 32.6 Å². The molecule has 0 unspecified atom stereocenters. The van der Waals surface area contributed by atoms with E-state index in [0.29, 0.717) is 5.92 Å². The lowest BCUT2D eigenvalue weighted by Crippen LogP contribution is -2.37. The van der Waals surface area contributed by atoms with E-state index >= 15 is 0 Å². The highest BCUT2D eigenvalue weighted by atomic mass is 16.5. The fraction of sp³-hybridized carbons (Fsp3) is 0.588. The molecule has 0 aliphatic carbocycles. The number of nitrogens with one attached hydrogen (secondary N) is 1. The molecule has 1 fully saturated rings. The number of aryl methyl sites for hydroxylation is 1. The maximum atomic E-state index is 5.49. The summed E-state index contributed by atoms with van der Waals surface area (Å²) in [6, 6.07) is 6.33. The quantitative estimate of drug-likeness (QED) is 0.859. The average molecular weight is 287 g/mol. The van der Waals surface area contributed by atoms with Gasteiger partial charge in [0, 0.05) is 24.4 Å². The van der Waals surface area contributed by atoms with Gasteiger partial charge in [0.2, 0.25) is 0 Å². The monoisotopic (exact) mass is 287 g/mol.